The molecule has 0 spiro atoms. The van der Waals surface area contributed by atoms with E-state index in [9.17, 15) is 0 Å². The van der Waals surface area contributed by atoms with Gasteiger partial charge < -0.3 is 14.0 Å². The van der Waals surface area contributed by atoms with E-state index in [0.29, 0.717) is 6.61 Å². The Labute approximate surface area is 107 Å². The van der Waals surface area contributed by atoms with Gasteiger partial charge in [0.15, 0.2) is 17.6 Å². The summed E-state index contributed by atoms with van der Waals surface area (Å²) < 4.78 is 14.0. The van der Waals surface area contributed by atoms with Crippen LogP contribution in [0.5, 0.6) is 11.5 Å². The highest BCUT2D eigenvalue weighted by atomic mass is 16.6. The summed E-state index contributed by atoms with van der Waals surface area (Å²) in [5.74, 6) is 1.69. The molecule has 1 aliphatic rings. The molecule has 0 saturated carbocycles. The lowest BCUT2D eigenvalue weighted by molar-refractivity contribution is 0.0778. The molecule has 18 heavy (non-hydrogen) atoms. The topological polar surface area (TPSA) is 23.4 Å². The molecule has 1 aromatic heterocycles. The quantitative estimate of drug-likeness (QED) is 0.809. The predicted octanol–water partition coefficient (Wildman–Crippen LogP) is 2.94. The zero-order valence-electron chi connectivity index (χ0n) is 10.7. The first kappa shape index (κ1) is 11.2. The number of rotatable bonds is 2. The maximum atomic E-state index is 5.97. The highest BCUT2D eigenvalue weighted by Crippen LogP contribution is 2.31. The van der Waals surface area contributed by atoms with Crippen LogP contribution >= 0.6 is 0 Å². The predicted molar refractivity (Wildman–Crippen MR) is 70.3 cm³/mol. The Morgan fingerprint density at radius 2 is 1.72 bits per heavy atom. The van der Waals surface area contributed by atoms with E-state index in [1.54, 1.807) is 0 Å². The number of aryl methyl sites for hydroxylation is 2. The summed E-state index contributed by atoms with van der Waals surface area (Å²) in [6.07, 6.45) is 0.0738. The molecule has 3 nitrogen and oxygen atoms in total. The number of hydrogen-bond acceptors (Lipinski definition) is 2. The van der Waals surface area contributed by atoms with Crippen molar-refractivity contribution in [2.45, 2.75) is 26.5 Å². The molecule has 0 saturated heterocycles. The highest BCUT2D eigenvalue weighted by molar-refractivity contribution is 5.40. The van der Waals surface area contributed by atoms with E-state index >= 15 is 0 Å². The van der Waals surface area contributed by atoms with Gasteiger partial charge in [-0.3, -0.25) is 0 Å². The summed E-state index contributed by atoms with van der Waals surface area (Å²) in [6, 6.07) is 12.1. The van der Waals surface area contributed by atoms with E-state index in [0.717, 1.165) is 18.0 Å². The molecule has 0 radical (unpaired) electrons. The van der Waals surface area contributed by atoms with Crippen molar-refractivity contribution in [3.63, 3.8) is 0 Å². The van der Waals surface area contributed by atoms with Gasteiger partial charge in [0.25, 0.3) is 0 Å². The minimum absolute atomic E-state index is 0.0738. The molecule has 1 aromatic carbocycles. The smallest absolute Gasteiger partial charge is 0.161 e. The molecular weight excluding hydrogens is 226 g/mol. The maximum Gasteiger partial charge on any atom is 0.161 e. The third-order valence-corrected chi connectivity index (χ3v) is 3.37. The largest absolute Gasteiger partial charge is 0.486 e. The van der Waals surface area contributed by atoms with E-state index in [1.807, 2.05) is 24.3 Å². The van der Waals surface area contributed by atoms with Gasteiger partial charge in [-0.25, -0.2) is 0 Å². The van der Waals surface area contributed by atoms with Gasteiger partial charge in [-0.15, -0.1) is 0 Å². The van der Waals surface area contributed by atoms with Crippen LogP contribution in [0.3, 0.4) is 0 Å². The second-order valence-corrected chi connectivity index (χ2v) is 4.72. The van der Waals surface area contributed by atoms with Gasteiger partial charge >= 0.3 is 0 Å². The van der Waals surface area contributed by atoms with E-state index < -0.39 is 0 Å². The molecule has 0 fully saturated rings. The van der Waals surface area contributed by atoms with Crippen LogP contribution in [0.2, 0.25) is 0 Å². The van der Waals surface area contributed by atoms with Crippen molar-refractivity contribution in [2.75, 3.05) is 6.61 Å². The van der Waals surface area contributed by atoms with Crippen molar-refractivity contribution in [3.05, 3.63) is 47.8 Å². The van der Waals surface area contributed by atoms with Crippen LogP contribution < -0.4 is 9.47 Å². The van der Waals surface area contributed by atoms with Crippen molar-refractivity contribution in [1.29, 1.82) is 0 Å². The Bertz CT molecular complexity index is 540. The van der Waals surface area contributed by atoms with Crippen LogP contribution in [0.15, 0.2) is 36.4 Å². The molecule has 0 bridgehead atoms. The number of nitrogens with zero attached hydrogens (tertiary/aromatic N) is 1. The summed E-state index contributed by atoms with van der Waals surface area (Å²) in [4.78, 5) is 0. The lowest BCUT2D eigenvalue weighted by Crippen LogP contribution is -2.33. The van der Waals surface area contributed by atoms with Crippen LogP contribution in [0.25, 0.3) is 0 Å². The number of ether oxygens (including phenoxy) is 2. The van der Waals surface area contributed by atoms with E-state index in [1.165, 1.54) is 11.4 Å². The van der Waals surface area contributed by atoms with Crippen molar-refractivity contribution in [2.24, 2.45) is 0 Å². The van der Waals surface area contributed by atoms with Gasteiger partial charge in [-0.2, -0.15) is 0 Å². The van der Waals surface area contributed by atoms with Crippen LogP contribution in [0.1, 0.15) is 11.4 Å². The van der Waals surface area contributed by atoms with E-state index in [4.69, 9.17) is 9.47 Å². The summed E-state index contributed by atoms with van der Waals surface area (Å²) in [5, 5.41) is 0. The molecule has 0 aliphatic carbocycles. The molecule has 0 N–H and O–H groups in total. The monoisotopic (exact) mass is 243 g/mol. The van der Waals surface area contributed by atoms with Gasteiger partial charge in [0.1, 0.15) is 6.61 Å². The van der Waals surface area contributed by atoms with E-state index in [2.05, 4.69) is 30.5 Å². The third kappa shape index (κ3) is 1.96. The summed E-state index contributed by atoms with van der Waals surface area (Å²) in [6.45, 7) is 5.67. The number of para-hydroxylation sites is 2. The van der Waals surface area contributed by atoms with Gasteiger partial charge in [0.2, 0.25) is 0 Å². The standard InChI is InChI=1S/C15H17NO2/c1-11-7-8-12(2)16(11)9-13-10-17-14-5-3-4-6-15(14)18-13/h3-8,13H,9-10H2,1-2H3/t13-/m0/s1. The number of aromatic nitrogens is 1. The Kier molecular flexibility index (Phi) is 2.74. The average Bonchev–Trinajstić information content (AvgIpc) is 2.70. The van der Waals surface area contributed by atoms with Crippen LogP contribution in [0.4, 0.5) is 0 Å². The Hall–Kier alpha value is -1.90. The maximum absolute atomic E-state index is 5.97. The average molecular weight is 243 g/mol. The lowest BCUT2D eigenvalue weighted by Gasteiger charge is -2.27. The number of fused-ring (bicyclic) bond motifs is 1. The molecular formula is C15H17NO2. The fourth-order valence-electron chi connectivity index (χ4n) is 2.34. The van der Waals surface area contributed by atoms with Gasteiger partial charge in [-0.1, -0.05) is 12.1 Å². The summed E-state index contributed by atoms with van der Waals surface area (Å²) in [5.41, 5.74) is 2.52. The number of hydrogen-bond donors (Lipinski definition) is 0. The third-order valence-electron chi connectivity index (χ3n) is 3.37. The van der Waals surface area contributed by atoms with Crippen LogP contribution in [0, 0.1) is 13.8 Å². The molecule has 94 valence electrons. The molecule has 0 unspecified atom stereocenters. The molecule has 2 aromatic rings. The first-order valence-electron chi connectivity index (χ1n) is 6.25. The minimum atomic E-state index is 0.0738. The van der Waals surface area contributed by atoms with Gasteiger partial charge in [0.05, 0.1) is 6.54 Å². The van der Waals surface area contributed by atoms with Gasteiger partial charge in [-0.05, 0) is 38.1 Å². The van der Waals surface area contributed by atoms with Crippen molar-refractivity contribution in [3.8, 4) is 11.5 Å². The zero-order chi connectivity index (χ0) is 12.5. The molecule has 2 heterocycles. The first-order chi connectivity index (χ1) is 8.74. The van der Waals surface area contributed by atoms with E-state index in [-0.39, 0.29) is 6.10 Å². The molecule has 3 rings (SSSR count). The molecule has 1 atom stereocenters. The fourth-order valence-corrected chi connectivity index (χ4v) is 2.34. The minimum Gasteiger partial charge on any atom is -0.486 e. The van der Waals surface area contributed by atoms with Crippen molar-refractivity contribution < 1.29 is 9.47 Å². The first-order valence-corrected chi connectivity index (χ1v) is 6.25. The van der Waals surface area contributed by atoms with Crippen molar-refractivity contribution >= 4 is 0 Å². The lowest BCUT2D eigenvalue weighted by atomic mass is 10.2. The van der Waals surface area contributed by atoms with Gasteiger partial charge in [0, 0.05) is 11.4 Å². The molecule has 0 amide bonds. The summed E-state index contributed by atoms with van der Waals surface area (Å²) in [7, 11) is 0. The highest BCUT2D eigenvalue weighted by Gasteiger charge is 2.21. The normalized spacial score (nSPS) is 17.8. The van der Waals surface area contributed by atoms with Crippen LogP contribution in [-0.2, 0) is 6.54 Å². The molecule has 3 heteroatoms. The van der Waals surface area contributed by atoms with Crippen LogP contribution in [-0.4, -0.2) is 17.3 Å². The van der Waals surface area contributed by atoms with Crippen molar-refractivity contribution in [1.82, 2.24) is 4.57 Å². The Balaban J connectivity index is 1.77. The Morgan fingerprint density at radius 1 is 1.06 bits per heavy atom. The second-order valence-electron chi connectivity index (χ2n) is 4.72. The SMILES string of the molecule is Cc1ccc(C)n1C[C@H]1COc2ccccc2O1. The number of benzene rings is 1. The molecule has 1 aliphatic heterocycles. The Morgan fingerprint density at radius 3 is 2.44 bits per heavy atom. The zero-order valence-corrected chi connectivity index (χ0v) is 10.7. The second kappa shape index (κ2) is 4.41. The summed E-state index contributed by atoms with van der Waals surface area (Å²) >= 11 is 0. The fraction of sp³-hybridized carbons (Fsp3) is 0.333.